The molecule has 0 bridgehead atoms. The Morgan fingerprint density at radius 3 is 2.61 bits per heavy atom. The predicted molar refractivity (Wildman–Crippen MR) is 76.8 cm³/mol. The SMILES string of the molecule is CCCNCc1ccc(N(C)CC(C)CC)nn1. The minimum Gasteiger partial charge on any atom is -0.358 e. The number of rotatable bonds is 8. The predicted octanol–water partition coefficient (Wildman–Crippen LogP) is 2.46. The van der Waals surface area contributed by atoms with E-state index in [4.69, 9.17) is 0 Å². The van der Waals surface area contributed by atoms with Gasteiger partial charge in [-0.15, -0.1) is 5.10 Å². The van der Waals surface area contributed by atoms with Crippen molar-refractivity contribution in [2.75, 3.05) is 25.0 Å². The molecule has 0 aliphatic carbocycles. The van der Waals surface area contributed by atoms with Crippen LogP contribution in [-0.2, 0) is 6.54 Å². The summed E-state index contributed by atoms with van der Waals surface area (Å²) in [5, 5.41) is 11.9. The molecule has 0 saturated heterocycles. The molecule has 1 N–H and O–H groups in total. The van der Waals surface area contributed by atoms with Crippen LogP contribution < -0.4 is 10.2 Å². The van der Waals surface area contributed by atoms with Crippen LogP contribution in [0.2, 0.25) is 0 Å². The molecule has 0 amide bonds. The molecular weight excluding hydrogens is 224 g/mol. The van der Waals surface area contributed by atoms with Gasteiger partial charge < -0.3 is 10.2 Å². The Balaban J connectivity index is 2.48. The van der Waals surface area contributed by atoms with Crippen LogP contribution in [0.1, 0.15) is 39.3 Å². The number of nitrogens with zero attached hydrogens (tertiary/aromatic N) is 3. The van der Waals surface area contributed by atoms with Crippen LogP contribution in [-0.4, -0.2) is 30.3 Å². The molecule has 0 aliphatic heterocycles. The zero-order valence-corrected chi connectivity index (χ0v) is 12.1. The van der Waals surface area contributed by atoms with Crippen LogP contribution in [0, 0.1) is 5.92 Å². The molecule has 4 nitrogen and oxygen atoms in total. The monoisotopic (exact) mass is 250 g/mol. The molecule has 1 aromatic heterocycles. The van der Waals surface area contributed by atoms with Crippen molar-refractivity contribution in [1.82, 2.24) is 15.5 Å². The van der Waals surface area contributed by atoms with Gasteiger partial charge in [-0.1, -0.05) is 27.2 Å². The van der Waals surface area contributed by atoms with Crippen LogP contribution in [0.25, 0.3) is 0 Å². The maximum Gasteiger partial charge on any atom is 0.150 e. The van der Waals surface area contributed by atoms with Crippen LogP contribution >= 0.6 is 0 Å². The van der Waals surface area contributed by atoms with E-state index in [-0.39, 0.29) is 0 Å². The van der Waals surface area contributed by atoms with Crippen LogP contribution in [0.4, 0.5) is 5.82 Å². The van der Waals surface area contributed by atoms with Crippen LogP contribution in [0.3, 0.4) is 0 Å². The summed E-state index contributed by atoms with van der Waals surface area (Å²) in [5.41, 5.74) is 1.00. The zero-order valence-electron chi connectivity index (χ0n) is 12.1. The van der Waals surface area contributed by atoms with E-state index in [1.807, 2.05) is 0 Å². The van der Waals surface area contributed by atoms with E-state index in [1.165, 1.54) is 6.42 Å². The van der Waals surface area contributed by atoms with Gasteiger partial charge in [0.05, 0.1) is 5.69 Å². The summed E-state index contributed by atoms with van der Waals surface area (Å²) in [6.45, 7) is 9.48. The smallest absolute Gasteiger partial charge is 0.150 e. The molecule has 0 spiro atoms. The van der Waals surface area contributed by atoms with E-state index in [1.54, 1.807) is 0 Å². The van der Waals surface area contributed by atoms with Gasteiger partial charge in [0.15, 0.2) is 5.82 Å². The molecular formula is C14H26N4. The Kier molecular flexibility index (Phi) is 6.65. The van der Waals surface area contributed by atoms with Gasteiger partial charge in [-0.05, 0) is 31.0 Å². The highest BCUT2D eigenvalue weighted by molar-refractivity contribution is 5.36. The van der Waals surface area contributed by atoms with Crippen molar-refractivity contribution in [3.05, 3.63) is 17.8 Å². The lowest BCUT2D eigenvalue weighted by molar-refractivity contribution is 0.556. The number of aromatic nitrogens is 2. The molecule has 1 heterocycles. The molecule has 1 aromatic rings. The highest BCUT2D eigenvalue weighted by Crippen LogP contribution is 2.11. The molecule has 0 aliphatic rings. The highest BCUT2D eigenvalue weighted by atomic mass is 15.2. The third kappa shape index (κ3) is 5.00. The molecule has 1 unspecified atom stereocenters. The molecule has 0 fully saturated rings. The van der Waals surface area contributed by atoms with Gasteiger partial charge in [-0.2, -0.15) is 5.10 Å². The maximum atomic E-state index is 4.28. The lowest BCUT2D eigenvalue weighted by Crippen LogP contribution is -2.25. The number of nitrogens with one attached hydrogen (secondary N) is 1. The molecule has 102 valence electrons. The first-order valence-electron chi connectivity index (χ1n) is 6.91. The Morgan fingerprint density at radius 2 is 2.06 bits per heavy atom. The third-order valence-corrected chi connectivity index (χ3v) is 3.11. The number of anilines is 1. The molecule has 1 rings (SSSR count). The summed E-state index contributed by atoms with van der Waals surface area (Å²) < 4.78 is 0. The second kappa shape index (κ2) is 8.03. The summed E-state index contributed by atoms with van der Waals surface area (Å²) in [4.78, 5) is 2.17. The molecule has 0 aromatic carbocycles. The third-order valence-electron chi connectivity index (χ3n) is 3.11. The summed E-state index contributed by atoms with van der Waals surface area (Å²) >= 11 is 0. The lowest BCUT2D eigenvalue weighted by atomic mass is 10.1. The first-order valence-corrected chi connectivity index (χ1v) is 6.91. The normalized spacial score (nSPS) is 12.4. The standard InChI is InChI=1S/C14H26N4/c1-5-9-15-10-13-7-8-14(17-16-13)18(4)11-12(3)6-2/h7-8,12,15H,5-6,9-11H2,1-4H3. The van der Waals surface area contributed by atoms with E-state index in [0.29, 0.717) is 5.92 Å². The van der Waals surface area contributed by atoms with Gasteiger partial charge in [0.2, 0.25) is 0 Å². The lowest BCUT2D eigenvalue weighted by Gasteiger charge is -2.21. The van der Waals surface area contributed by atoms with Crippen molar-refractivity contribution in [2.45, 2.75) is 40.2 Å². The van der Waals surface area contributed by atoms with E-state index in [9.17, 15) is 0 Å². The molecule has 4 heteroatoms. The minimum absolute atomic E-state index is 0.683. The highest BCUT2D eigenvalue weighted by Gasteiger charge is 2.07. The van der Waals surface area contributed by atoms with Crippen molar-refractivity contribution in [2.24, 2.45) is 5.92 Å². The van der Waals surface area contributed by atoms with E-state index in [2.05, 4.69) is 60.4 Å². The van der Waals surface area contributed by atoms with Crippen molar-refractivity contribution >= 4 is 5.82 Å². The van der Waals surface area contributed by atoms with Crippen LogP contribution in [0.15, 0.2) is 12.1 Å². The molecule has 0 radical (unpaired) electrons. The number of hydrogen-bond acceptors (Lipinski definition) is 4. The van der Waals surface area contributed by atoms with Crippen molar-refractivity contribution < 1.29 is 0 Å². The van der Waals surface area contributed by atoms with E-state index < -0.39 is 0 Å². The van der Waals surface area contributed by atoms with E-state index >= 15 is 0 Å². The quantitative estimate of drug-likeness (QED) is 0.720. The van der Waals surface area contributed by atoms with Gasteiger partial charge in [0.1, 0.15) is 0 Å². The fraction of sp³-hybridized carbons (Fsp3) is 0.714. The van der Waals surface area contributed by atoms with Crippen molar-refractivity contribution in [1.29, 1.82) is 0 Å². The maximum absolute atomic E-state index is 4.28. The minimum atomic E-state index is 0.683. The number of hydrogen-bond donors (Lipinski definition) is 1. The Labute approximate surface area is 111 Å². The van der Waals surface area contributed by atoms with Crippen molar-refractivity contribution in [3.63, 3.8) is 0 Å². The Bertz CT molecular complexity index is 323. The van der Waals surface area contributed by atoms with Crippen LogP contribution in [0.5, 0.6) is 0 Å². The van der Waals surface area contributed by atoms with Crippen molar-refractivity contribution in [3.8, 4) is 0 Å². The van der Waals surface area contributed by atoms with Gasteiger partial charge in [0, 0.05) is 20.1 Å². The fourth-order valence-corrected chi connectivity index (χ4v) is 1.73. The summed E-state index contributed by atoms with van der Waals surface area (Å²) in [6, 6.07) is 4.11. The molecule has 1 atom stereocenters. The summed E-state index contributed by atoms with van der Waals surface area (Å²) in [6.07, 6.45) is 2.33. The van der Waals surface area contributed by atoms with Gasteiger partial charge in [-0.25, -0.2) is 0 Å². The Morgan fingerprint density at radius 1 is 1.28 bits per heavy atom. The Hall–Kier alpha value is -1.16. The average molecular weight is 250 g/mol. The first kappa shape index (κ1) is 14.9. The fourth-order valence-electron chi connectivity index (χ4n) is 1.73. The van der Waals surface area contributed by atoms with Gasteiger partial charge in [-0.3, -0.25) is 0 Å². The second-order valence-electron chi connectivity index (χ2n) is 4.95. The van der Waals surface area contributed by atoms with Gasteiger partial charge in [0.25, 0.3) is 0 Å². The largest absolute Gasteiger partial charge is 0.358 e. The summed E-state index contributed by atoms with van der Waals surface area (Å²) in [7, 11) is 2.07. The second-order valence-corrected chi connectivity index (χ2v) is 4.95. The average Bonchev–Trinajstić information content (AvgIpc) is 2.39. The van der Waals surface area contributed by atoms with E-state index in [0.717, 1.165) is 37.6 Å². The summed E-state index contributed by atoms with van der Waals surface area (Å²) in [5.74, 6) is 1.64. The van der Waals surface area contributed by atoms with Gasteiger partial charge >= 0.3 is 0 Å². The topological polar surface area (TPSA) is 41.0 Å². The molecule has 18 heavy (non-hydrogen) atoms. The first-order chi connectivity index (χ1) is 8.67. The molecule has 0 saturated carbocycles. The zero-order chi connectivity index (χ0) is 13.4.